The molecule has 0 saturated heterocycles. The normalized spacial score (nSPS) is 10.7. The number of benzene rings is 3. The van der Waals surface area contributed by atoms with Gasteiger partial charge >= 0.3 is 0 Å². The molecule has 0 fully saturated rings. The molecule has 1 heterocycles. The van der Waals surface area contributed by atoms with Crippen LogP contribution in [0.5, 0.6) is 5.75 Å². The van der Waals surface area contributed by atoms with Gasteiger partial charge in [0.1, 0.15) is 6.61 Å². The Morgan fingerprint density at radius 2 is 1.67 bits per heavy atom. The van der Waals surface area contributed by atoms with Gasteiger partial charge in [-0.15, -0.1) is 0 Å². The minimum Gasteiger partial charge on any atom is -0.486 e. The second-order valence-electron chi connectivity index (χ2n) is 5.98. The van der Waals surface area contributed by atoms with E-state index >= 15 is 0 Å². The summed E-state index contributed by atoms with van der Waals surface area (Å²) in [6, 6.07) is 19.0. The number of halogens is 1. The van der Waals surface area contributed by atoms with Gasteiger partial charge in [0.05, 0.1) is 16.6 Å². The monoisotopic (exact) mass is 358 g/mol. The third kappa shape index (κ3) is 3.53. The van der Waals surface area contributed by atoms with Gasteiger partial charge in [-0.2, -0.15) is 0 Å². The smallest absolute Gasteiger partial charge is 0.196 e. The molecule has 132 valence electrons. The zero-order valence-electron chi connectivity index (χ0n) is 14.3. The molecule has 0 aliphatic rings. The average Bonchev–Trinajstić information content (AvgIpc) is 2.73. The Morgan fingerprint density at radius 3 is 2.48 bits per heavy atom. The first kappa shape index (κ1) is 16.8. The first-order chi connectivity index (χ1) is 13.2. The summed E-state index contributed by atoms with van der Waals surface area (Å²) in [4.78, 5) is 21.2. The van der Waals surface area contributed by atoms with Gasteiger partial charge < -0.3 is 4.74 Å². The fourth-order valence-electron chi connectivity index (χ4n) is 2.79. The maximum Gasteiger partial charge on any atom is 0.196 e. The molecule has 0 aliphatic heterocycles. The number of hydrogen-bond donors (Lipinski definition) is 0. The Kier molecular flexibility index (Phi) is 4.58. The molecule has 0 radical (unpaired) electrons. The van der Waals surface area contributed by atoms with E-state index in [1.165, 1.54) is 12.1 Å². The molecule has 27 heavy (non-hydrogen) atoms. The molecule has 0 bridgehead atoms. The molecule has 1 aromatic heterocycles. The number of rotatable bonds is 5. The first-order valence-corrected chi connectivity index (χ1v) is 8.43. The summed E-state index contributed by atoms with van der Waals surface area (Å²) >= 11 is 0. The van der Waals surface area contributed by atoms with E-state index < -0.39 is 11.6 Å². The third-order valence-corrected chi connectivity index (χ3v) is 4.18. The van der Waals surface area contributed by atoms with E-state index in [0.717, 1.165) is 5.56 Å². The van der Waals surface area contributed by atoms with E-state index in [1.807, 2.05) is 30.3 Å². The van der Waals surface area contributed by atoms with Crippen molar-refractivity contribution in [1.82, 2.24) is 9.97 Å². The lowest BCUT2D eigenvalue weighted by molar-refractivity contribution is 0.103. The molecule has 4 rings (SSSR count). The number of fused-ring (bicyclic) bond motifs is 1. The Labute approximate surface area is 155 Å². The van der Waals surface area contributed by atoms with Crippen molar-refractivity contribution in [3.8, 4) is 5.75 Å². The van der Waals surface area contributed by atoms with Crippen LogP contribution in [-0.2, 0) is 6.61 Å². The number of carbonyl (C=O) groups is 1. The van der Waals surface area contributed by atoms with Crippen molar-refractivity contribution in [3.05, 3.63) is 102 Å². The second-order valence-corrected chi connectivity index (χ2v) is 5.98. The third-order valence-electron chi connectivity index (χ3n) is 4.18. The molecule has 4 nitrogen and oxygen atoms in total. The number of carbonyl (C=O) groups excluding carboxylic acids is 1. The molecule has 0 aliphatic carbocycles. The molecule has 0 unspecified atom stereocenters. The maximum atomic E-state index is 14.9. The minimum atomic E-state index is -0.669. The van der Waals surface area contributed by atoms with Gasteiger partial charge in [-0.1, -0.05) is 36.4 Å². The topological polar surface area (TPSA) is 52.1 Å². The van der Waals surface area contributed by atoms with Crippen molar-refractivity contribution in [2.75, 3.05) is 0 Å². The summed E-state index contributed by atoms with van der Waals surface area (Å²) in [6.45, 7) is 0.223. The summed E-state index contributed by atoms with van der Waals surface area (Å²) in [5.74, 6) is -1.05. The first-order valence-electron chi connectivity index (χ1n) is 8.43. The highest BCUT2D eigenvalue weighted by Crippen LogP contribution is 2.24. The highest BCUT2D eigenvalue weighted by Gasteiger charge is 2.18. The molecular formula is C22H15FN2O2. The fraction of sp³-hybridized carbons (Fsp3) is 0.0455. The van der Waals surface area contributed by atoms with Crippen LogP contribution >= 0.6 is 0 Å². The molecule has 0 amide bonds. The van der Waals surface area contributed by atoms with Gasteiger partial charge in [-0.25, -0.2) is 4.39 Å². The van der Waals surface area contributed by atoms with Crippen LogP contribution in [0.3, 0.4) is 0 Å². The van der Waals surface area contributed by atoms with Crippen LogP contribution in [0.25, 0.3) is 11.0 Å². The van der Waals surface area contributed by atoms with Crippen LogP contribution in [0, 0.1) is 5.82 Å². The van der Waals surface area contributed by atoms with Crippen molar-refractivity contribution in [2.45, 2.75) is 6.61 Å². The number of aromatic nitrogens is 2. The fourth-order valence-corrected chi connectivity index (χ4v) is 2.79. The molecule has 4 aromatic rings. The van der Waals surface area contributed by atoms with Crippen LogP contribution in [0.4, 0.5) is 4.39 Å². The van der Waals surface area contributed by atoms with E-state index in [1.54, 1.807) is 36.7 Å². The lowest BCUT2D eigenvalue weighted by Gasteiger charge is -2.10. The highest BCUT2D eigenvalue weighted by atomic mass is 19.1. The summed E-state index contributed by atoms with van der Waals surface area (Å²) in [7, 11) is 0. The largest absolute Gasteiger partial charge is 0.486 e. The molecule has 0 spiro atoms. The SMILES string of the molecule is O=C(c1ccc2nccnc2c1)c1cccc(OCc2ccccc2)c1F. The van der Waals surface area contributed by atoms with Crippen LogP contribution in [0.15, 0.2) is 79.1 Å². The molecule has 0 atom stereocenters. The van der Waals surface area contributed by atoms with E-state index in [4.69, 9.17) is 4.74 Å². The van der Waals surface area contributed by atoms with Crippen LogP contribution in [0.1, 0.15) is 21.5 Å². The van der Waals surface area contributed by atoms with Crippen LogP contribution < -0.4 is 4.74 Å². The molecule has 3 aromatic carbocycles. The van der Waals surface area contributed by atoms with Crippen molar-refractivity contribution in [1.29, 1.82) is 0 Å². The standard InChI is InChI=1S/C22H15FN2O2/c23-21-17(7-4-8-20(21)27-14-15-5-2-1-3-6-15)22(26)16-9-10-18-19(13-16)25-12-11-24-18/h1-13H,14H2. The lowest BCUT2D eigenvalue weighted by Crippen LogP contribution is -2.07. The lowest BCUT2D eigenvalue weighted by atomic mass is 10.0. The summed E-state index contributed by atoms with van der Waals surface area (Å²) in [5.41, 5.74) is 2.49. The summed E-state index contributed by atoms with van der Waals surface area (Å²) in [6.07, 6.45) is 3.13. The van der Waals surface area contributed by atoms with Gasteiger partial charge in [-0.3, -0.25) is 14.8 Å². The molecule has 0 N–H and O–H groups in total. The quantitative estimate of drug-likeness (QED) is 0.490. The summed E-state index contributed by atoms with van der Waals surface area (Å²) in [5, 5.41) is 0. The zero-order chi connectivity index (χ0) is 18.6. The number of ketones is 1. The van der Waals surface area contributed by atoms with E-state index in [2.05, 4.69) is 9.97 Å². The molecule has 0 saturated carbocycles. The number of ether oxygens (including phenoxy) is 1. The number of hydrogen-bond acceptors (Lipinski definition) is 4. The van der Waals surface area contributed by atoms with E-state index in [0.29, 0.717) is 16.6 Å². The van der Waals surface area contributed by atoms with Gasteiger partial charge in [0.25, 0.3) is 0 Å². The van der Waals surface area contributed by atoms with Crippen molar-refractivity contribution in [3.63, 3.8) is 0 Å². The zero-order valence-corrected chi connectivity index (χ0v) is 14.3. The van der Waals surface area contributed by atoms with Gasteiger partial charge in [0.15, 0.2) is 17.3 Å². The maximum absolute atomic E-state index is 14.9. The van der Waals surface area contributed by atoms with Crippen molar-refractivity contribution in [2.24, 2.45) is 0 Å². The summed E-state index contributed by atoms with van der Waals surface area (Å²) < 4.78 is 20.4. The minimum absolute atomic E-state index is 0.0381. The van der Waals surface area contributed by atoms with Crippen LogP contribution in [0.2, 0.25) is 0 Å². The van der Waals surface area contributed by atoms with Gasteiger partial charge in [0.2, 0.25) is 0 Å². The van der Waals surface area contributed by atoms with E-state index in [-0.39, 0.29) is 17.9 Å². The highest BCUT2D eigenvalue weighted by molar-refractivity contribution is 6.10. The van der Waals surface area contributed by atoms with Gasteiger partial charge in [-0.05, 0) is 35.9 Å². The predicted octanol–water partition coefficient (Wildman–Crippen LogP) is 4.58. The Balaban J connectivity index is 1.61. The van der Waals surface area contributed by atoms with Gasteiger partial charge in [0, 0.05) is 18.0 Å². The number of nitrogens with zero attached hydrogens (tertiary/aromatic N) is 2. The van der Waals surface area contributed by atoms with Crippen LogP contribution in [-0.4, -0.2) is 15.8 Å². The predicted molar refractivity (Wildman–Crippen MR) is 100 cm³/mol. The molecular weight excluding hydrogens is 343 g/mol. The molecule has 5 heteroatoms. The second kappa shape index (κ2) is 7.33. The average molecular weight is 358 g/mol. The van der Waals surface area contributed by atoms with Crippen molar-refractivity contribution < 1.29 is 13.9 Å². The Bertz CT molecular complexity index is 1110. The van der Waals surface area contributed by atoms with E-state index in [9.17, 15) is 9.18 Å². The Morgan fingerprint density at radius 1 is 0.889 bits per heavy atom. The Hall–Kier alpha value is -3.60. The van der Waals surface area contributed by atoms with Crippen molar-refractivity contribution >= 4 is 16.8 Å².